The predicted octanol–water partition coefficient (Wildman–Crippen LogP) is 2.95. The number of amides is 3. The Morgan fingerprint density at radius 1 is 1.30 bits per heavy atom. The van der Waals surface area contributed by atoms with E-state index in [1.54, 1.807) is 12.1 Å². The Morgan fingerprint density at radius 2 is 2.00 bits per heavy atom. The minimum atomic E-state index is -0.711. The highest BCUT2D eigenvalue weighted by molar-refractivity contribution is 9.10. The second-order valence-corrected chi connectivity index (χ2v) is 6.12. The van der Waals surface area contributed by atoms with Crippen LogP contribution in [0.4, 0.5) is 9.18 Å². The van der Waals surface area contributed by atoms with Crippen LogP contribution in [-0.4, -0.2) is 22.4 Å². The lowest BCUT2D eigenvalue weighted by molar-refractivity contribution is -0.131. The van der Waals surface area contributed by atoms with Gasteiger partial charge in [-0.05, 0) is 40.4 Å². The Balaban J connectivity index is 1.86. The third-order valence-corrected chi connectivity index (χ3v) is 4.95. The normalized spacial score (nSPS) is 20.8. The van der Waals surface area contributed by atoms with Gasteiger partial charge in [-0.15, -0.1) is 0 Å². The molecule has 20 heavy (non-hydrogen) atoms. The van der Waals surface area contributed by atoms with Gasteiger partial charge < -0.3 is 5.32 Å². The van der Waals surface area contributed by atoms with Gasteiger partial charge in [0.05, 0.1) is 11.0 Å². The number of urea groups is 1. The molecular formula is C14H14BrFN2O2. The Labute approximate surface area is 124 Å². The average molecular weight is 341 g/mol. The molecule has 1 saturated carbocycles. The highest BCUT2D eigenvalue weighted by Gasteiger charge is 2.52. The summed E-state index contributed by atoms with van der Waals surface area (Å²) >= 11 is 3.16. The van der Waals surface area contributed by atoms with Gasteiger partial charge in [-0.1, -0.05) is 25.0 Å². The summed E-state index contributed by atoms with van der Waals surface area (Å²) in [7, 11) is 0. The number of nitrogens with zero attached hydrogens (tertiary/aromatic N) is 1. The topological polar surface area (TPSA) is 49.4 Å². The molecule has 4 nitrogen and oxygen atoms in total. The molecule has 3 rings (SSSR count). The molecule has 0 aromatic heterocycles. The van der Waals surface area contributed by atoms with Crippen LogP contribution < -0.4 is 5.32 Å². The van der Waals surface area contributed by atoms with Crippen LogP contribution in [0.1, 0.15) is 31.2 Å². The summed E-state index contributed by atoms with van der Waals surface area (Å²) in [6, 6.07) is 4.22. The zero-order valence-corrected chi connectivity index (χ0v) is 12.4. The first-order chi connectivity index (χ1) is 9.53. The lowest BCUT2D eigenvalue weighted by Crippen LogP contribution is -2.44. The molecule has 0 bridgehead atoms. The summed E-state index contributed by atoms with van der Waals surface area (Å²) in [6.45, 7) is 0.0881. The first-order valence-electron chi connectivity index (χ1n) is 6.60. The van der Waals surface area contributed by atoms with E-state index in [9.17, 15) is 14.0 Å². The van der Waals surface area contributed by atoms with Gasteiger partial charge in [-0.25, -0.2) is 9.18 Å². The van der Waals surface area contributed by atoms with Crippen LogP contribution in [-0.2, 0) is 11.3 Å². The maximum absolute atomic E-state index is 13.5. The molecule has 0 atom stereocenters. The molecule has 0 radical (unpaired) electrons. The van der Waals surface area contributed by atoms with Crippen LogP contribution in [0, 0.1) is 5.82 Å². The molecule has 1 saturated heterocycles. The van der Waals surface area contributed by atoms with Gasteiger partial charge in [0.15, 0.2) is 0 Å². The van der Waals surface area contributed by atoms with Gasteiger partial charge in [0.1, 0.15) is 11.4 Å². The van der Waals surface area contributed by atoms with Crippen molar-refractivity contribution in [1.29, 1.82) is 0 Å². The van der Waals surface area contributed by atoms with E-state index in [2.05, 4.69) is 21.2 Å². The Kier molecular flexibility index (Phi) is 3.28. The van der Waals surface area contributed by atoms with Gasteiger partial charge in [-0.2, -0.15) is 0 Å². The SMILES string of the molecule is O=C1NC2(CCCC2)C(=O)N1Cc1cccc(F)c1Br. The lowest BCUT2D eigenvalue weighted by atomic mass is 9.98. The molecule has 1 aliphatic carbocycles. The Hall–Kier alpha value is -1.43. The maximum atomic E-state index is 13.5. The third kappa shape index (κ3) is 2.02. The zero-order valence-electron chi connectivity index (χ0n) is 10.8. The maximum Gasteiger partial charge on any atom is 0.325 e. The molecule has 1 aromatic carbocycles. The summed E-state index contributed by atoms with van der Waals surface area (Å²) in [5.74, 6) is -0.582. The van der Waals surface area contributed by atoms with Gasteiger partial charge >= 0.3 is 6.03 Å². The van der Waals surface area contributed by atoms with E-state index in [0.29, 0.717) is 22.9 Å². The highest BCUT2D eigenvalue weighted by atomic mass is 79.9. The molecule has 1 N–H and O–H groups in total. The van der Waals surface area contributed by atoms with E-state index in [1.165, 1.54) is 11.0 Å². The van der Waals surface area contributed by atoms with Crippen LogP contribution in [0.3, 0.4) is 0 Å². The fourth-order valence-electron chi connectivity index (χ4n) is 2.98. The molecule has 6 heteroatoms. The van der Waals surface area contributed by atoms with Gasteiger partial charge in [0.25, 0.3) is 5.91 Å². The van der Waals surface area contributed by atoms with Gasteiger partial charge in [-0.3, -0.25) is 9.69 Å². The number of rotatable bonds is 2. The number of carbonyl (C=O) groups is 2. The van der Waals surface area contributed by atoms with Crippen LogP contribution in [0.2, 0.25) is 0 Å². The minimum Gasteiger partial charge on any atom is -0.323 e. The monoisotopic (exact) mass is 340 g/mol. The first kappa shape index (κ1) is 13.5. The summed E-state index contributed by atoms with van der Waals surface area (Å²) in [5.41, 5.74) is -0.125. The van der Waals surface area contributed by atoms with E-state index in [4.69, 9.17) is 0 Å². The van der Waals surface area contributed by atoms with Crippen molar-refractivity contribution in [2.75, 3.05) is 0 Å². The largest absolute Gasteiger partial charge is 0.325 e. The molecule has 106 valence electrons. The van der Waals surface area contributed by atoms with Gasteiger partial charge in [0.2, 0.25) is 0 Å². The number of imide groups is 1. The minimum absolute atomic E-state index is 0.0881. The molecule has 1 aromatic rings. The molecule has 1 spiro atoms. The number of carbonyl (C=O) groups excluding carboxylic acids is 2. The number of halogens is 2. The Morgan fingerprint density at radius 3 is 2.70 bits per heavy atom. The van der Waals surface area contributed by atoms with Crippen LogP contribution in [0.25, 0.3) is 0 Å². The van der Waals surface area contributed by atoms with Crippen molar-refractivity contribution in [2.45, 2.75) is 37.8 Å². The number of hydrogen-bond acceptors (Lipinski definition) is 2. The number of nitrogens with one attached hydrogen (secondary N) is 1. The van der Waals surface area contributed by atoms with Crippen molar-refractivity contribution < 1.29 is 14.0 Å². The predicted molar refractivity (Wildman–Crippen MR) is 74.4 cm³/mol. The van der Waals surface area contributed by atoms with Crippen molar-refractivity contribution in [3.05, 3.63) is 34.1 Å². The summed E-state index contributed by atoms with van der Waals surface area (Å²) in [4.78, 5) is 25.7. The van der Waals surface area contributed by atoms with Crippen molar-refractivity contribution >= 4 is 27.9 Å². The van der Waals surface area contributed by atoms with E-state index >= 15 is 0 Å². The fraction of sp³-hybridized carbons (Fsp3) is 0.429. The molecule has 2 fully saturated rings. The smallest absolute Gasteiger partial charge is 0.323 e. The Bertz CT molecular complexity index is 585. The quantitative estimate of drug-likeness (QED) is 0.841. The van der Waals surface area contributed by atoms with Crippen molar-refractivity contribution in [3.8, 4) is 0 Å². The molecule has 0 unspecified atom stereocenters. The zero-order chi connectivity index (χ0) is 14.3. The molecular weight excluding hydrogens is 327 g/mol. The number of hydrogen-bond donors (Lipinski definition) is 1. The lowest BCUT2D eigenvalue weighted by Gasteiger charge is -2.20. The van der Waals surface area contributed by atoms with Crippen molar-refractivity contribution in [3.63, 3.8) is 0 Å². The third-order valence-electron chi connectivity index (χ3n) is 4.06. The van der Waals surface area contributed by atoms with Crippen molar-refractivity contribution in [1.82, 2.24) is 10.2 Å². The first-order valence-corrected chi connectivity index (χ1v) is 7.40. The van der Waals surface area contributed by atoms with Crippen molar-refractivity contribution in [2.24, 2.45) is 0 Å². The standard InChI is InChI=1S/C14H14BrFN2O2/c15-11-9(4-3-5-10(11)16)8-18-12(19)14(17-13(18)20)6-1-2-7-14/h3-5H,1-2,6-8H2,(H,17,20). The van der Waals surface area contributed by atoms with Crippen LogP contribution in [0.5, 0.6) is 0 Å². The van der Waals surface area contributed by atoms with E-state index in [-0.39, 0.29) is 18.5 Å². The summed E-state index contributed by atoms with van der Waals surface area (Å²) in [5, 5.41) is 2.81. The van der Waals surface area contributed by atoms with Crippen LogP contribution in [0.15, 0.2) is 22.7 Å². The summed E-state index contributed by atoms with van der Waals surface area (Å²) < 4.78 is 13.8. The molecule has 2 aliphatic rings. The second kappa shape index (κ2) is 4.84. The molecule has 1 aliphatic heterocycles. The number of benzene rings is 1. The average Bonchev–Trinajstić information content (AvgIpc) is 2.96. The molecule has 1 heterocycles. The van der Waals surface area contributed by atoms with Crippen LogP contribution >= 0.6 is 15.9 Å². The molecule has 3 amide bonds. The second-order valence-electron chi connectivity index (χ2n) is 5.32. The highest BCUT2D eigenvalue weighted by Crippen LogP contribution is 2.36. The van der Waals surface area contributed by atoms with E-state index in [1.807, 2.05) is 0 Å². The fourth-order valence-corrected chi connectivity index (χ4v) is 3.37. The van der Waals surface area contributed by atoms with E-state index < -0.39 is 11.4 Å². The van der Waals surface area contributed by atoms with Gasteiger partial charge in [0, 0.05) is 0 Å². The van der Waals surface area contributed by atoms with E-state index in [0.717, 1.165) is 12.8 Å². The summed E-state index contributed by atoms with van der Waals surface area (Å²) in [6.07, 6.45) is 3.28.